The van der Waals surface area contributed by atoms with Gasteiger partial charge in [-0.3, -0.25) is 14.6 Å². The van der Waals surface area contributed by atoms with Crippen molar-refractivity contribution in [2.45, 2.75) is 33.7 Å². The van der Waals surface area contributed by atoms with Crippen molar-refractivity contribution in [3.8, 4) is 0 Å². The van der Waals surface area contributed by atoms with Crippen molar-refractivity contribution >= 4 is 23.7 Å². The molecule has 0 N–H and O–H groups in total. The summed E-state index contributed by atoms with van der Waals surface area (Å²) >= 11 is 0. The zero-order valence-electron chi connectivity index (χ0n) is 14.9. The van der Waals surface area contributed by atoms with Crippen molar-refractivity contribution in [3.05, 3.63) is 17.5 Å². The van der Waals surface area contributed by atoms with Crippen molar-refractivity contribution in [3.63, 3.8) is 0 Å². The molecule has 0 bridgehead atoms. The maximum absolute atomic E-state index is 12.9. The second kappa shape index (κ2) is 5.54. The van der Waals surface area contributed by atoms with Gasteiger partial charge in [0.1, 0.15) is 5.69 Å². The summed E-state index contributed by atoms with van der Waals surface area (Å²) in [6, 6.07) is 1.03. The number of nitrogens with zero attached hydrogens (tertiary/aromatic N) is 6. The number of aliphatic imine (C=N–C) groups is 1. The Morgan fingerprint density at radius 1 is 1.29 bits per heavy atom. The second-order valence-corrected chi connectivity index (χ2v) is 6.81. The number of hydrogen-bond acceptors (Lipinski definition) is 4. The number of rotatable bonds is 2. The lowest BCUT2D eigenvalue weighted by Gasteiger charge is -2.34. The number of carbonyl (C=O) groups excluding carboxylic acids is 2. The summed E-state index contributed by atoms with van der Waals surface area (Å²) in [7, 11) is 3.47. The number of amides is 3. The lowest BCUT2D eigenvalue weighted by molar-refractivity contribution is -0.507. The molecule has 3 heterocycles. The van der Waals surface area contributed by atoms with E-state index in [-0.39, 0.29) is 17.9 Å². The van der Waals surface area contributed by atoms with Gasteiger partial charge in [0.25, 0.3) is 5.91 Å². The summed E-state index contributed by atoms with van der Waals surface area (Å²) in [5, 5.41) is 4.44. The number of aryl methyl sites for hydroxylation is 2. The molecule has 2 aliphatic rings. The van der Waals surface area contributed by atoms with Gasteiger partial charge in [-0.05, 0) is 25.8 Å². The van der Waals surface area contributed by atoms with Crippen LogP contribution in [0.25, 0.3) is 0 Å². The van der Waals surface area contributed by atoms with Crippen LogP contribution in [-0.2, 0) is 4.79 Å². The molecule has 1 saturated heterocycles. The fourth-order valence-corrected chi connectivity index (χ4v) is 3.15. The number of amidine groups is 1. The Labute approximate surface area is 141 Å². The van der Waals surface area contributed by atoms with E-state index in [1.54, 1.807) is 16.3 Å². The summed E-state index contributed by atoms with van der Waals surface area (Å²) < 4.78 is 3.49. The van der Waals surface area contributed by atoms with Gasteiger partial charge in [-0.2, -0.15) is 0 Å². The number of imide groups is 1. The average molecular weight is 331 g/mol. The van der Waals surface area contributed by atoms with E-state index in [4.69, 9.17) is 0 Å². The van der Waals surface area contributed by atoms with Crippen molar-refractivity contribution in [2.75, 3.05) is 20.6 Å². The zero-order valence-corrected chi connectivity index (χ0v) is 14.9. The van der Waals surface area contributed by atoms with Crippen LogP contribution >= 0.6 is 0 Å². The third-order valence-electron chi connectivity index (χ3n) is 4.27. The van der Waals surface area contributed by atoms with Crippen LogP contribution < -0.4 is 0 Å². The standard InChI is InChI=1S/C16H23N6O2/c1-9(2)8-21-14(23)12-13(20(6)16(21)24)17-15(19(12)5)22-11(4)7-10(3)18-22/h7,9,12H,8H2,1-6H3/q+1. The second-order valence-electron chi connectivity index (χ2n) is 6.81. The number of fused-ring (bicyclic) bond motifs is 1. The third-order valence-corrected chi connectivity index (χ3v) is 4.27. The minimum atomic E-state index is -0.592. The first kappa shape index (κ1) is 16.4. The highest BCUT2D eigenvalue weighted by molar-refractivity contribution is 6.22. The van der Waals surface area contributed by atoms with Crippen molar-refractivity contribution in [1.29, 1.82) is 0 Å². The molecular weight excluding hydrogens is 308 g/mol. The maximum atomic E-state index is 12.9. The highest BCUT2D eigenvalue weighted by Crippen LogP contribution is 2.21. The fraction of sp³-hybridized carbons (Fsp3) is 0.562. The van der Waals surface area contributed by atoms with Crippen molar-refractivity contribution in [2.24, 2.45) is 10.9 Å². The van der Waals surface area contributed by atoms with E-state index in [1.807, 2.05) is 40.8 Å². The van der Waals surface area contributed by atoms with Gasteiger partial charge in [0.05, 0.1) is 12.7 Å². The van der Waals surface area contributed by atoms with Gasteiger partial charge in [-0.1, -0.05) is 18.8 Å². The molecule has 1 aromatic heterocycles. The van der Waals surface area contributed by atoms with Crippen LogP contribution in [0.5, 0.6) is 0 Å². The van der Waals surface area contributed by atoms with Crippen molar-refractivity contribution < 1.29 is 14.2 Å². The Balaban J connectivity index is 2.06. The Bertz CT molecular complexity index is 788. The zero-order chi connectivity index (χ0) is 17.8. The summed E-state index contributed by atoms with van der Waals surface area (Å²) in [5.41, 5.74) is 1.80. The van der Waals surface area contributed by atoms with E-state index < -0.39 is 6.04 Å². The van der Waals surface area contributed by atoms with E-state index in [1.165, 1.54) is 9.80 Å². The molecule has 0 aliphatic carbocycles. The first-order valence-electron chi connectivity index (χ1n) is 8.03. The molecule has 1 aromatic rings. The largest absolute Gasteiger partial charge is 0.421 e. The molecular formula is C16H23N6O2+. The lowest BCUT2D eigenvalue weighted by atomic mass is 10.1. The normalized spacial score (nSPS) is 21.1. The molecule has 1 fully saturated rings. The van der Waals surface area contributed by atoms with Gasteiger partial charge in [-0.25, -0.2) is 9.37 Å². The molecule has 8 nitrogen and oxygen atoms in total. The van der Waals surface area contributed by atoms with Crippen LogP contribution in [0.1, 0.15) is 25.2 Å². The van der Waals surface area contributed by atoms with Crippen LogP contribution in [0.4, 0.5) is 4.79 Å². The van der Waals surface area contributed by atoms with Gasteiger partial charge in [-0.15, -0.1) is 9.78 Å². The van der Waals surface area contributed by atoms with Crippen LogP contribution in [0.3, 0.4) is 0 Å². The average Bonchev–Trinajstić information content (AvgIpc) is 3.00. The van der Waals surface area contributed by atoms with E-state index in [2.05, 4.69) is 10.1 Å². The van der Waals surface area contributed by atoms with E-state index in [9.17, 15) is 9.59 Å². The molecule has 8 heteroatoms. The van der Waals surface area contributed by atoms with Crippen LogP contribution in [0, 0.1) is 19.8 Å². The molecule has 0 radical (unpaired) electrons. The molecule has 2 aliphatic heterocycles. The van der Waals surface area contributed by atoms with Crippen LogP contribution in [0.2, 0.25) is 0 Å². The molecule has 1 unspecified atom stereocenters. The minimum absolute atomic E-state index is 0.205. The Kier molecular flexibility index (Phi) is 3.77. The molecule has 3 amide bonds. The number of likely N-dealkylation sites (N-methyl/N-ethyl adjacent to an activating group) is 2. The first-order chi connectivity index (χ1) is 11.2. The topological polar surface area (TPSA) is 73.8 Å². The van der Waals surface area contributed by atoms with Gasteiger partial charge in [0.15, 0.2) is 0 Å². The maximum Gasteiger partial charge on any atom is 0.421 e. The SMILES string of the molecule is Cc1cc(C)n(C2=[N+](C)C3C(=O)N(CC(C)C)C(=O)N(C)C3=N2)n1. The fourth-order valence-electron chi connectivity index (χ4n) is 3.15. The Hall–Kier alpha value is -2.51. The van der Waals surface area contributed by atoms with E-state index in [0.29, 0.717) is 18.3 Å². The lowest BCUT2D eigenvalue weighted by Crippen LogP contribution is -2.62. The molecule has 0 aromatic carbocycles. The van der Waals surface area contributed by atoms with Gasteiger partial charge in [0, 0.05) is 13.6 Å². The number of urea groups is 1. The number of aromatic nitrogens is 2. The summed E-state index contributed by atoms with van der Waals surface area (Å²) in [5.74, 6) is 0.982. The summed E-state index contributed by atoms with van der Waals surface area (Å²) in [6.45, 7) is 8.20. The molecule has 24 heavy (non-hydrogen) atoms. The minimum Gasteiger partial charge on any atom is -0.270 e. The van der Waals surface area contributed by atoms with Crippen LogP contribution in [0.15, 0.2) is 11.1 Å². The molecule has 128 valence electrons. The third kappa shape index (κ3) is 2.33. The summed E-state index contributed by atoms with van der Waals surface area (Å²) in [6.07, 6.45) is 0. The Morgan fingerprint density at radius 2 is 1.96 bits per heavy atom. The predicted molar refractivity (Wildman–Crippen MR) is 89.2 cm³/mol. The van der Waals surface area contributed by atoms with E-state index >= 15 is 0 Å². The van der Waals surface area contributed by atoms with Gasteiger partial charge < -0.3 is 0 Å². The highest BCUT2D eigenvalue weighted by atomic mass is 16.2. The van der Waals surface area contributed by atoms with Gasteiger partial charge >= 0.3 is 12.0 Å². The molecule has 3 rings (SSSR count). The molecule has 0 saturated carbocycles. The van der Waals surface area contributed by atoms with E-state index in [0.717, 1.165) is 11.4 Å². The quantitative estimate of drug-likeness (QED) is 0.748. The predicted octanol–water partition coefficient (Wildman–Crippen LogP) is 0.677. The summed E-state index contributed by atoms with van der Waals surface area (Å²) in [4.78, 5) is 32.7. The number of hydrogen-bond donors (Lipinski definition) is 0. The molecule has 1 atom stereocenters. The van der Waals surface area contributed by atoms with Crippen LogP contribution in [-0.4, -0.2) is 74.6 Å². The Morgan fingerprint density at radius 3 is 2.50 bits per heavy atom. The highest BCUT2D eigenvalue weighted by Gasteiger charge is 2.52. The molecule has 0 spiro atoms. The van der Waals surface area contributed by atoms with Crippen molar-refractivity contribution in [1.82, 2.24) is 19.6 Å². The first-order valence-corrected chi connectivity index (χ1v) is 8.03. The monoisotopic (exact) mass is 331 g/mol. The van der Waals surface area contributed by atoms with Gasteiger partial charge in [0.2, 0.25) is 11.9 Å². The number of carbonyl (C=O) groups is 2. The smallest absolute Gasteiger partial charge is 0.270 e.